The van der Waals surface area contributed by atoms with E-state index in [4.69, 9.17) is 10.5 Å². The molecule has 1 aromatic carbocycles. The van der Waals surface area contributed by atoms with Crippen LogP contribution in [0.5, 0.6) is 0 Å². The summed E-state index contributed by atoms with van der Waals surface area (Å²) < 4.78 is 7.74. The summed E-state index contributed by atoms with van der Waals surface area (Å²) in [7, 11) is 0. The standard InChI is InChI=1S/C24H20IN9O3/c25-17-5-2-4-15(16(17)10-26)18-9-19(30-24(27)29-18)20-12-33(32-31-20)11-14-3-1-6-22(28-14)34-7-8-37-13-21(34)23(35)36/h1-6,9,12,21H,7-8,11,13H2,(H,35,36)(H2,27,29,30). The number of halogens is 1. The Balaban J connectivity index is 1.40. The van der Waals surface area contributed by atoms with Crippen molar-refractivity contribution in [3.05, 3.63) is 63.5 Å². The SMILES string of the molecule is N#Cc1c(I)cccc1-c1cc(-c2cn(Cc3cccc(N4CCOCC4C(=O)O)n3)nn2)nc(N)n1. The fourth-order valence-corrected chi connectivity index (χ4v) is 4.66. The lowest BCUT2D eigenvalue weighted by Gasteiger charge is -2.33. The Morgan fingerprint density at radius 3 is 2.81 bits per heavy atom. The predicted molar refractivity (Wildman–Crippen MR) is 141 cm³/mol. The molecule has 1 atom stereocenters. The normalized spacial score (nSPS) is 15.4. The fourth-order valence-electron chi connectivity index (χ4n) is 4.04. The van der Waals surface area contributed by atoms with Crippen molar-refractivity contribution in [1.29, 1.82) is 5.26 Å². The Hall–Kier alpha value is -4.16. The molecule has 1 fully saturated rings. The molecule has 0 aliphatic carbocycles. The zero-order chi connectivity index (χ0) is 25.9. The number of carboxylic acids is 1. The van der Waals surface area contributed by atoms with Gasteiger partial charge in [-0.1, -0.05) is 23.4 Å². The minimum Gasteiger partial charge on any atom is -0.480 e. The molecule has 5 rings (SSSR count). The third kappa shape index (κ3) is 5.20. The number of pyridine rings is 1. The molecule has 13 heteroatoms. The number of aliphatic carboxylic acids is 1. The second-order valence-electron chi connectivity index (χ2n) is 8.18. The number of anilines is 2. The number of hydrogen-bond acceptors (Lipinski definition) is 10. The summed E-state index contributed by atoms with van der Waals surface area (Å²) in [4.78, 5) is 26.6. The molecule has 0 bridgehead atoms. The highest BCUT2D eigenvalue weighted by Gasteiger charge is 2.30. The first kappa shape index (κ1) is 24.5. The van der Waals surface area contributed by atoms with Gasteiger partial charge in [0, 0.05) is 15.7 Å². The molecule has 1 unspecified atom stereocenters. The molecule has 0 amide bonds. The maximum absolute atomic E-state index is 11.6. The molecule has 37 heavy (non-hydrogen) atoms. The Morgan fingerprint density at radius 1 is 1.19 bits per heavy atom. The molecule has 1 aliphatic heterocycles. The molecule has 12 nitrogen and oxygen atoms in total. The lowest BCUT2D eigenvalue weighted by atomic mass is 10.0. The van der Waals surface area contributed by atoms with Gasteiger partial charge in [-0.25, -0.2) is 24.4 Å². The molecular formula is C24H20IN9O3. The summed E-state index contributed by atoms with van der Waals surface area (Å²) in [5.74, 6) is -0.339. The molecule has 0 spiro atoms. The smallest absolute Gasteiger partial charge is 0.328 e. The van der Waals surface area contributed by atoms with Crippen LogP contribution in [0.1, 0.15) is 11.3 Å². The number of nitrogens with zero attached hydrogens (tertiary/aromatic N) is 8. The van der Waals surface area contributed by atoms with Gasteiger partial charge in [-0.2, -0.15) is 5.26 Å². The number of nitrogens with two attached hydrogens (primary N) is 1. The van der Waals surface area contributed by atoms with Gasteiger partial charge in [-0.15, -0.1) is 5.10 Å². The van der Waals surface area contributed by atoms with Crippen molar-refractivity contribution in [3.63, 3.8) is 0 Å². The van der Waals surface area contributed by atoms with Crippen LogP contribution in [-0.2, 0) is 16.1 Å². The van der Waals surface area contributed by atoms with Gasteiger partial charge in [-0.3, -0.25) is 0 Å². The van der Waals surface area contributed by atoms with Crippen molar-refractivity contribution in [1.82, 2.24) is 29.9 Å². The van der Waals surface area contributed by atoms with Crippen LogP contribution in [0.2, 0.25) is 0 Å². The van der Waals surface area contributed by atoms with Crippen molar-refractivity contribution in [2.75, 3.05) is 30.4 Å². The molecular weight excluding hydrogens is 589 g/mol. The summed E-state index contributed by atoms with van der Waals surface area (Å²) in [6, 6.07) is 14.1. The second-order valence-corrected chi connectivity index (χ2v) is 9.34. The molecule has 0 radical (unpaired) electrons. The summed E-state index contributed by atoms with van der Waals surface area (Å²) in [6.45, 7) is 1.29. The number of benzene rings is 1. The number of morpholine rings is 1. The minimum atomic E-state index is -0.955. The Bertz CT molecular complexity index is 1520. The summed E-state index contributed by atoms with van der Waals surface area (Å²) >= 11 is 2.11. The average molecular weight is 609 g/mol. The Kier molecular flexibility index (Phi) is 6.93. The Morgan fingerprint density at radius 2 is 2.00 bits per heavy atom. The highest BCUT2D eigenvalue weighted by molar-refractivity contribution is 14.1. The summed E-state index contributed by atoms with van der Waals surface area (Å²) in [5.41, 5.74) is 9.30. The van der Waals surface area contributed by atoms with E-state index in [1.165, 1.54) is 0 Å². The van der Waals surface area contributed by atoms with E-state index in [1.54, 1.807) is 27.9 Å². The van der Waals surface area contributed by atoms with Crippen LogP contribution < -0.4 is 10.6 Å². The average Bonchev–Trinajstić information content (AvgIpc) is 3.37. The zero-order valence-corrected chi connectivity index (χ0v) is 21.5. The third-order valence-electron chi connectivity index (χ3n) is 5.77. The van der Waals surface area contributed by atoms with Crippen LogP contribution >= 0.6 is 22.6 Å². The van der Waals surface area contributed by atoms with Crippen molar-refractivity contribution >= 4 is 40.3 Å². The first-order valence-electron chi connectivity index (χ1n) is 11.2. The number of carboxylic acid groups (broad SMARTS) is 1. The highest BCUT2D eigenvalue weighted by atomic mass is 127. The maximum atomic E-state index is 11.6. The van der Waals surface area contributed by atoms with Crippen LogP contribution in [0.15, 0.2) is 48.7 Å². The van der Waals surface area contributed by atoms with Gasteiger partial charge in [0.05, 0.1) is 48.6 Å². The monoisotopic (exact) mass is 609 g/mol. The van der Waals surface area contributed by atoms with Crippen molar-refractivity contribution in [3.8, 4) is 28.7 Å². The number of hydrogen-bond donors (Lipinski definition) is 2. The summed E-state index contributed by atoms with van der Waals surface area (Å²) in [6.07, 6.45) is 1.72. The van der Waals surface area contributed by atoms with Gasteiger partial charge in [0.2, 0.25) is 5.95 Å². The van der Waals surface area contributed by atoms with E-state index < -0.39 is 12.0 Å². The first-order valence-corrected chi connectivity index (χ1v) is 12.3. The number of carbonyl (C=O) groups is 1. The fraction of sp³-hybridized carbons (Fsp3) is 0.208. The third-order valence-corrected chi connectivity index (χ3v) is 6.67. The van der Waals surface area contributed by atoms with E-state index in [1.807, 2.05) is 30.3 Å². The van der Waals surface area contributed by atoms with Crippen LogP contribution in [0.4, 0.5) is 11.8 Å². The van der Waals surface area contributed by atoms with Crippen LogP contribution in [0.25, 0.3) is 22.6 Å². The van der Waals surface area contributed by atoms with E-state index in [2.05, 4.69) is 53.9 Å². The van der Waals surface area contributed by atoms with Crippen molar-refractivity contribution in [2.45, 2.75) is 12.6 Å². The maximum Gasteiger partial charge on any atom is 0.328 e. The first-order chi connectivity index (χ1) is 17.9. The number of ether oxygens (including phenoxy) is 1. The van der Waals surface area contributed by atoms with Gasteiger partial charge in [-0.05, 0) is 46.9 Å². The van der Waals surface area contributed by atoms with Crippen molar-refractivity contribution in [2.24, 2.45) is 0 Å². The molecule has 4 aromatic rings. The zero-order valence-electron chi connectivity index (χ0n) is 19.3. The van der Waals surface area contributed by atoms with E-state index in [9.17, 15) is 15.2 Å². The molecule has 4 heterocycles. The van der Waals surface area contributed by atoms with Gasteiger partial charge >= 0.3 is 5.97 Å². The molecule has 1 aliphatic rings. The van der Waals surface area contributed by atoms with Crippen LogP contribution in [-0.4, -0.2) is 66.8 Å². The molecule has 1 saturated heterocycles. The van der Waals surface area contributed by atoms with E-state index in [-0.39, 0.29) is 12.6 Å². The number of nitriles is 1. The van der Waals surface area contributed by atoms with Crippen LogP contribution in [0, 0.1) is 14.9 Å². The second kappa shape index (κ2) is 10.4. The largest absolute Gasteiger partial charge is 0.480 e. The van der Waals surface area contributed by atoms with Crippen molar-refractivity contribution < 1.29 is 14.6 Å². The van der Waals surface area contributed by atoms with Gasteiger partial charge in [0.1, 0.15) is 17.6 Å². The van der Waals surface area contributed by atoms with Gasteiger partial charge in [0.15, 0.2) is 6.04 Å². The van der Waals surface area contributed by atoms with Gasteiger partial charge in [0.25, 0.3) is 0 Å². The van der Waals surface area contributed by atoms with E-state index >= 15 is 0 Å². The Labute approximate surface area is 224 Å². The number of aromatic nitrogens is 6. The molecule has 3 aromatic heterocycles. The molecule has 186 valence electrons. The molecule has 3 N–H and O–H groups in total. The van der Waals surface area contributed by atoms with Gasteiger partial charge < -0.3 is 20.5 Å². The van der Waals surface area contributed by atoms with E-state index in [0.717, 1.165) is 3.57 Å². The lowest BCUT2D eigenvalue weighted by Crippen LogP contribution is -2.50. The van der Waals surface area contributed by atoms with Crippen LogP contribution in [0.3, 0.4) is 0 Å². The number of nitrogen functional groups attached to an aromatic ring is 1. The number of rotatable bonds is 6. The van der Waals surface area contributed by atoms with E-state index in [0.29, 0.717) is 59.4 Å². The topological polar surface area (TPSA) is 169 Å². The minimum absolute atomic E-state index is 0.0534. The quantitative estimate of drug-likeness (QED) is 0.308. The lowest BCUT2D eigenvalue weighted by molar-refractivity contribution is -0.141. The summed E-state index contributed by atoms with van der Waals surface area (Å²) in [5, 5.41) is 27.6. The predicted octanol–water partition coefficient (Wildman–Crippen LogP) is 2.19. The highest BCUT2D eigenvalue weighted by Crippen LogP contribution is 2.28. The molecule has 0 saturated carbocycles.